The van der Waals surface area contributed by atoms with Crippen molar-refractivity contribution in [3.63, 3.8) is 0 Å². The number of fused-ring (bicyclic) bond motifs is 1. The Balaban J connectivity index is 1.52. The van der Waals surface area contributed by atoms with Crippen LogP contribution in [0, 0.1) is 0 Å². The number of hydrogen-bond donors (Lipinski definition) is 0. The summed E-state index contributed by atoms with van der Waals surface area (Å²) < 4.78 is 6.14. The van der Waals surface area contributed by atoms with Crippen molar-refractivity contribution < 1.29 is 14.3 Å². The van der Waals surface area contributed by atoms with E-state index >= 15 is 0 Å². The molecule has 0 N–H and O–H groups in total. The van der Waals surface area contributed by atoms with Gasteiger partial charge in [-0.05, 0) is 23.1 Å². The first-order valence-corrected chi connectivity index (χ1v) is 8.52. The van der Waals surface area contributed by atoms with Crippen LogP contribution in [-0.2, 0) is 27.2 Å². The lowest BCUT2D eigenvalue weighted by Gasteiger charge is -2.28. The van der Waals surface area contributed by atoms with E-state index in [1.54, 1.807) is 0 Å². The van der Waals surface area contributed by atoms with Gasteiger partial charge in [-0.25, -0.2) is 0 Å². The van der Waals surface area contributed by atoms with Gasteiger partial charge in [-0.2, -0.15) is 0 Å². The van der Waals surface area contributed by atoms with Gasteiger partial charge in [-0.1, -0.05) is 54.6 Å². The summed E-state index contributed by atoms with van der Waals surface area (Å²) in [4.78, 5) is 25.7. The number of nitrogens with zero attached hydrogens (tertiary/aromatic N) is 1. The second-order valence-electron chi connectivity index (χ2n) is 6.37. The Morgan fingerprint density at radius 3 is 2.36 bits per heavy atom. The van der Waals surface area contributed by atoms with Crippen LogP contribution in [0.5, 0.6) is 0 Å². The fourth-order valence-corrected chi connectivity index (χ4v) is 3.65. The summed E-state index contributed by atoms with van der Waals surface area (Å²) in [6.45, 7) is 0.558. The first-order valence-electron chi connectivity index (χ1n) is 8.52. The molecule has 0 fully saturated rings. The number of carbonyl (C=O) groups excluding carboxylic acids is 2. The van der Waals surface area contributed by atoms with Gasteiger partial charge < -0.3 is 4.74 Å². The van der Waals surface area contributed by atoms with E-state index < -0.39 is 0 Å². The van der Waals surface area contributed by atoms with Crippen LogP contribution in [0.2, 0.25) is 0 Å². The summed E-state index contributed by atoms with van der Waals surface area (Å²) in [6, 6.07) is 17.8. The Bertz CT molecular complexity index is 810. The molecule has 4 nitrogen and oxygen atoms in total. The van der Waals surface area contributed by atoms with Gasteiger partial charge in [0, 0.05) is 18.6 Å². The second-order valence-corrected chi connectivity index (χ2v) is 6.37. The Morgan fingerprint density at radius 2 is 1.60 bits per heavy atom. The minimum atomic E-state index is -0.345. The van der Waals surface area contributed by atoms with Crippen LogP contribution in [0.3, 0.4) is 0 Å². The normalized spacial score (nSPS) is 21.8. The number of hydrogen-bond acceptors (Lipinski definition) is 3. The maximum atomic E-state index is 12.2. The first kappa shape index (κ1) is 15.8. The van der Waals surface area contributed by atoms with Crippen molar-refractivity contribution in [1.29, 1.82) is 0 Å². The van der Waals surface area contributed by atoms with Gasteiger partial charge in [0.2, 0.25) is 0 Å². The molecule has 0 aromatic heterocycles. The van der Waals surface area contributed by atoms with E-state index in [-0.39, 0.29) is 24.0 Å². The molecule has 0 spiro atoms. The lowest BCUT2D eigenvalue weighted by molar-refractivity contribution is -0.143. The quantitative estimate of drug-likeness (QED) is 0.791. The zero-order valence-corrected chi connectivity index (χ0v) is 13.8. The molecule has 0 unspecified atom stereocenters. The van der Waals surface area contributed by atoms with Gasteiger partial charge in [0.1, 0.15) is 0 Å². The lowest BCUT2D eigenvalue weighted by Crippen LogP contribution is -2.39. The van der Waals surface area contributed by atoms with Crippen molar-refractivity contribution in [2.45, 2.75) is 25.0 Å². The molecule has 1 aliphatic heterocycles. The van der Waals surface area contributed by atoms with E-state index in [1.807, 2.05) is 42.5 Å². The van der Waals surface area contributed by atoms with E-state index in [0.717, 1.165) is 17.5 Å². The number of rotatable bonds is 5. The highest BCUT2D eigenvalue weighted by atomic mass is 16.5. The fourth-order valence-electron chi connectivity index (χ4n) is 3.65. The molecule has 0 radical (unpaired) electrons. The van der Waals surface area contributed by atoms with Crippen LogP contribution in [0.1, 0.15) is 22.7 Å². The van der Waals surface area contributed by atoms with Crippen molar-refractivity contribution >= 4 is 11.8 Å². The molecule has 1 aliphatic carbocycles. The molecule has 2 aliphatic rings. The SMILES string of the molecule is O=C1C=CC(=O)N1[C@H]1c2ccccc2C[C@@H]1OCCc1ccccc1. The molecular formula is C21H19NO3. The highest BCUT2D eigenvalue weighted by molar-refractivity contribution is 6.13. The number of ether oxygens (including phenoxy) is 1. The Kier molecular flexibility index (Phi) is 4.20. The highest BCUT2D eigenvalue weighted by Crippen LogP contribution is 2.39. The molecule has 0 saturated carbocycles. The largest absolute Gasteiger partial charge is 0.375 e. The maximum absolute atomic E-state index is 12.2. The van der Waals surface area contributed by atoms with E-state index in [2.05, 4.69) is 12.1 Å². The Hall–Kier alpha value is -2.72. The van der Waals surface area contributed by atoms with Gasteiger partial charge in [0.15, 0.2) is 0 Å². The fraction of sp³-hybridized carbons (Fsp3) is 0.238. The molecule has 0 saturated heterocycles. The molecule has 4 rings (SSSR count). The zero-order valence-electron chi connectivity index (χ0n) is 13.8. The van der Waals surface area contributed by atoms with Crippen molar-refractivity contribution in [2.75, 3.05) is 6.61 Å². The molecule has 2 atom stereocenters. The molecule has 2 aromatic carbocycles. The summed E-state index contributed by atoms with van der Waals surface area (Å²) in [7, 11) is 0. The summed E-state index contributed by atoms with van der Waals surface area (Å²) in [6.07, 6.45) is 4.00. The van der Waals surface area contributed by atoms with Crippen LogP contribution in [0.4, 0.5) is 0 Å². The van der Waals surface area contributed by atoms with Gasteiger partial charge in [-0.3, -0.25) is 14.5 Å². The van der Waals surface area contributed by atoms with Crippen LogP contribution in [0.25, 0.3) is 0 Å². The number of benzene rings is 2. The predicted octanol–water partition coefficient (Wildman–Crippen LogP) is 2.84. The molecular weight excluding hydrogens is 314 g/mol. The molecule has 2 aromatic rings. The third-order valence-electron chi connectivity index (χ3n) is 4.83. The number of imide groups is 1. The minimum Gasteiger partial charge on any atom is -0.375 e. The molecule has 2 amide bonds. The topological polar surface area (TPSA) is 46.6 Å². The van der Waals surface area contributed by atoms with Crippen molar-refractivity contribution in [1.82, 2.24) is 4.90 Å². The number of amides is 2. The average molecular weight is 333 g/mol. The smallest absolute Gasteiger partial charge is 0.254 e. The summed E-state index contributed by atoms with van der Waals surface area (Å²) >= 11 is 0. The zero-order chi connectivity index (χ0) is 17.2. The monoisotopic (exact) mass is 333 g/mol. The minimum absolute atomic E-state index is 0.200. The van der Waals surface area contributed by atoms with Crippen LogP contribution in [0.15, 0.2) is 66.7 Å². The summed E-state index contributed by atoms with van der Waals surface area (Å²) in [5.41, 5.74) is 3.37. The van der Waals surface area contributed by atoms with Gasteiger partial charge in [0.05, 0.1) is 18.8 Å². The molecule has 126 valence electrons. The molecule has 4 heteroatoms. The Morgan fingerprint density at radius 1 is 0.920 bits per heavy atom. The maximum Gasteiger partial charge on any atom is 0.254 e. The predicted molar refractivity (Wildman–Crippen MR) is 93.8 cm³/mol. The van der Waals surface area contributed by atoms with Gasteiger partial charge in [0.25, 0.3) is 11.8 Å². The van der Waals surface area contributed by atoms with Crippen molar-refractivity contribution in [3.8, 4) is 0 Å². The van der Waals surface area contributed by atoms with E-state index in [0.29, 0.717) is 13.0 Å². The van der Waals surface area contributed by atoms with Gasteiger partial charge >= 0.3 is 0 Å². The molecule has 25 heavy (non-hydrogen) atoms. The third-order valence-corrected chi connectivity index (χ3v) is 4.83. The van der Waals surface area contributed by atoms with Crippen molar-refractivity contribution in [3.05, 3.63) is 83.4 Å². The molecule has 0 bridgehead atoms. The molecule has 1 heterocycles. The average Bonchev–Trinajstić information content (AvgIpc) is 3.15. The Labute approximate surface area is 146 Å². The summed E-state index contributed by atoms with van der Waals surface area (Å²) in [5.74, 6) is -0.522. The van der Waals surface area contributed by atoms with Crippen molar-refractivity contribution in [2.24, 2.45) is 0 Å². The highest BCUT2D eigenvalue weighted by Gasteiger charge is 2.42. The van der Waals surface area contributed by atoms with E-state index in [4.69, 9.17) is 4.74 Å². The first-order chi connectivity index (χ1) is 12.2. The summed E-state index contributed by atoms with van der Waals surface area (Å²) in [5, 5.41) is 0. The van der Waals surface area contributed by atoms with Gasteiger partial charge in [-0.15, -0.1) is 0 Å². The standard InChI is InChI=1S/C21H19NO3/c23-19-10-11-20(24)22(19)21-17-9-5-4-8-16(17)14-18(21)25-13-12-15-6-2-1-3-7-15/h1-11,18,21H,12-14H2/t18-,21-/m0/s1. The van der Waals surface area contributed by atoms with Crippen LogP contribution < -0.4 is 0 Å². The third kappa shape index (κ3) is 3.01. The lowest BCUT2D eigenvalue weighted by atomic mass is 10.1. The number of carbonyl (C=O) groups is 2. The van der Waals surface area contributed by atoms with Crippen LogP contribution in [-0.4, -0.2) is 29.4 Å². The second kappa shape index (κ2) is 6.65. The van der Waals surface area contributed by atoms with Crippen LogP contribution >= 0.6 is 0 Å². The van der Waals surface area contributed by atoms with E-state index in [9.17, 15) is 9.59 Å². The van der Waals surface area contributed by atoms with E-state index in [1.165, 1.54) is 22.6 Å².